The van der Waals surface area contributed by atoms with E-state index >= 15 is 0 Å². The van der Waals surface area contributed by atoms with Crippen molar-refractivity contribution in [1.29, 1.82) is 0 Å². The summed E-state index contributed by atoms with van der Waals surface area (Å²) in [5, 5.41) is 0. The van der Waals surface area contributed by atoms with Gasteiger partial charge in [-0.05, 0) is 17.8 Å². The van der Waals surface area contributed by atoms with Gasteiger partial charge in [-0.25, -0.2) is 0 Å². The second kappa shape index (κ2) is 7.64. The van der Waals surface area contributed by atoms with E-state index in [1.807, 2.05) is 0 Å². The lowest BCUT2D eigenvalue weighted by Gasteiger charge is -2.31. The molecule has 1 aliphatic rings. The predicted octanol–water partition coefficient (Wildman–Crippen LogP) is 4.99. The van der Waals surface area contributed by atoms with E-state index in [0.29, 0.717) is 0 Å². The van der Waals surface area contributed by atoms with Crippen molar-refractivity contribution < 1.29 is 0 Å². The fraction of sp³-hybridized carbons (Fsp3) is 1.00. The molecule has 2 atom stereocenters. The third-order valence-corrected chi connectivity index (χ3v) is 3.11. The van der Waals surface area contributed by atoms with Crippen LogP contribution in [0.15, 0.2) is 0 Å². The summed E-state index contributed by atoms with van der Waals surface area (Å²) in [7, 11) is 0. The zero-order valence-electron chi connectivity index (χ0n) is 6.85. The lowest BCUT2D eigenvalue weighted by molar-refractivity contribution is 0.197. The predicted molar refractivity (Wildman–Crippen MR) is 61.5 cm³/mol. The van der Waals surface area contributed by atoms with Crippen LogP contribution in [0.4, 0.5) is 0 Å². The molecule has 0 amide bonds. The van der Waals surface area contributed by atoms with Crippen LogP contribution >= 0.6 is 0 Å². The average molecular weight is 174 g/mol. The van der Waals surface area contributed by atoms with Crippen molar-refractivity contribution >= 4 is 0 Å². The zero-order valence-corrected chi connectivity index (χ0v) is 6.85. The Morgan fingerprint density at radius 1 is 0.750 bits per heavy atom. The van der Waals surface area contributed by atoms with E-state index in [1.54, 1.807) is 0 Å². The van der Waals surface area contributed by atoms with E-state index in [2.05, 4.69) is 20.8 Å². The monoisotopic (exact) mass is 174 g/mol. The van der Waals surface area contributed by atoms with Crippen LogP contribution in [0.25, 0.3) is 0 Å². The molecule has 0 radical (unpaired) electrons. The van der Waals surface area contributed by atoms with Gasteiger partial charge in [0.1, 0.15) is 0 Å². The molecular formula is C12H30. The van der Waals surface area contributed by atoms with E-state index in [-0.39, 0.29) is 22.3 Å². The molecule has 0 aromatic rings. The maximum absolute atomic E-state index is 2.40. The molecule has 1 rings (SSSR count). The molecule has 0 heterocycles. The van der Waals surface area contributed by atoms with Crippen molar-refractivity contribution in [3.05, 3.63) is 0 Å². The molecule has 0 saturated heterocycles. The van der Waals surface area contributed by atoms with Crippen molar-refractivity contribution in [3.8, 4) is 0 Å². The molecule has 0 N–H and O–H groups in total. The number of hydrogen-bond acceptors (Lipinski definition) is 0. The third-order valence-electron chi connectivity index (χ3n) is 3.11. The van der Waals surface area contributed by atoms with Gasteiger partial charge in [0.2, 0.25) is 0 Å². The van der Waals surface area contributed by atoms with Gasteiger partial charge in [-0.3, -0.25) is 0 Å². The quantitative estimate of drug-likeness (QED) is 0.485. The van der Waals surface area contributed by atoms with E-state index in [9.17, 15) is 0 Å². The average Bonchev–Trinajstić information content (AvgIpc) is 1.83. The highest BCUT2D eigenvalue weighted by Gasteiger charge is 2.22. The van der Waals surface area contributed by atoms with Gasteiger partial charge in [0.15, 0.2) is 0 Å². The van der Waals surface area contributed by atoms with Crippen molar-refractivity contribution in [2.75, 3.05) is 0 Å². The van der Waals surface area contributed by atoms with E-state index in [1.165, 1.54) is 19.3 Å². The van der Waals surface area contributed by atoms with Gasteiger partial charge in [-0.1, -0.05) is 62.3 Å². The molecule has 1 saturated carbocycles. The highest BCUT2D eigenvalue weighted by Crippen LogP contribution is 2.33. The van der Waals surface area contributed by atoms with Crippen LogP contribution in [0, 0.1) is 17.8 Å². The Morgan fingerprint density at radius 2 is 1.08 bits per heavy atom. The van der Waals surface area contributed by atoms with Gasteiger partial charge >= 0.3 is 0 Å². The van der Waals surface area contributed by atoms with E-state index in [4.69, 9.17) is 0 Å². The molecule has 1 aliphatic carbocycles. The Bertz CT molecular complexity index is 76.0. The van der Waals surface area contributed by atoms with Gasteiger partial charge < -0.3 is 0 Å². The summed E-state index contributed by atoms with van der Waals surface area (Å²) >= 11 is 0. The summed E-state index contributed by atoms with van der Waals surface area (Å²) in [6.07, 6.45) is 4.39. The Morgan fingerprint density at radius 3 is 1.33 bits per heavy atom. The smallest absolute Gasteiger partial charge is 0.0391 e. The SMILES string of the molecule is C.C.C.CC1CCCC(C)C1C. The summed E-state index contributed by atoms with van der Waals surface area (Å²) < 4.78 is 0. The molecule has 0 aromatic carbocycles. The molecule has 2 unspecified atom stereocenters. The fourth-order valence-corrected chi connectivity index (χ4v) is 1.85. The van der Waals surface area contributed by atoms with Gasteiger partial charge in [-0.2, -0.15) is 0 Å². The largest absolute Gasteiger partial charge is 0.0776 e. The van der Waals surface area contributed by atoms with Crippen LogP contribution in [0.3, 0.4) is 0 Å². The van der Waals surface area contributed by atoms with Crippen LogP contribution in [-0.2, 0) is 0 Å². The molecule has 0 nitrogen and oxygen atoms in total. The topological polar surface area (TPSA) is 0 Å². The molecular weight excluding hydrogens is 144 g/mol. The fourth-order valence-electron chi connectivity index (χ4n) is 1.85. The lowest BCUT2D eigenvalue weighted by atomic mass is 9.75. The summed E-state index contributed by atoms with van der Waals surface area (Å²) in [5.74, 6) is 2.93. The Balaban J connectivity index is -0.000000270. The van der Waals surface area contributed by atoms with Crippen LogP contribution < -0.4 is 0 Å². The molecule has 0 heteroatoms. The number of rotatable bonds is 0. The van der Waals surface area contributed by atoms with Gasteiger partial charge in [-0.15, -0.1) is 0 Å². The van der Waals surface area contributed by atoms with Gasteiger partial charge in [0, 0.05) is 0 Å². The summed E-state index contributed by atoms with van der Waals surface area (Å²) in [4.78, 5) is 0. The van der Waals surface area contributed by atoms with Crippen molar-refractivity contribution in [3.63, 3.8) is 0 Å². The van der Waals surface area contributed by atoms with Crippen LogP contribution in [0.2, 0.25) is 0 Å². The zero-order chi connectivity index (χ0) is 6.85. The molecule has 0 spiro atoms. The van der Waals surface area contributed by atoms with Crippen molar-refractivity contribution in [2.45, 2.75) is 62.3 Å². The number of hydrogen-bond donors (Lipinski definition) is 0. The van der Waals surface area contributed by atoms with Crippen LogP contribution in [0.1, 0.15) is 62.3 Å². The highest BCUT2D eigenvalue weighted by atomic mass is 14.3. The molecule has 1 fully saturated rings. The van der Waals surface area contributed by atoms with Crippen LogP contribution in [0.5, 0.6) is 0 Å². The molecule has 0 bridgehead atoms. The van der Waals surface area contributed by atoms with Gasteiger partial charge in [0.25, 0.3) is 0 Å². The molecule has 78 valence electrons. The summed E-state index contributed by atoms with van der Waals surface area (Å²) in [5.41, 5.74) is 0. The maximum Gasteiger partial charge on any atom is -0.0391 e. The normalized spacial score (nSPS) is 33.8. The van der Waals surface area contributed by atoms with Crippen molar-refractivity contribution in [2.24, 2.45) is 17.8 Å². The first-order valence-corrected chi connectivity index (χ1v) is 4.22. The Labute approximate surface area is 80.8 Å². The molecule has 12 heavy (non-hydrogen) atoms. The van der Waals surface area contributed by atoms with Crippen LogP contribution in [-0.4, -0.2) is 0 Å². The molecule has 0 aliphatic heterocycles. The minimum absolute atomic E-state index is 0. The Kier molecular flexibility index (Phi) is 11.4. The van der Waals surface area contributed by atoms with E-state index < -0.39 is 0 Å². The Hall–Kier alpha value is 0. The van der Waals surface area contributed by atoms with Crippen molar-refractivity contribution in [1.82, 2.24) is 0 Å². The standard InChI is InChI=1S/C9H18.3CH4/c1-7-5-4-6-8(2)9(7)3;;;/h7-9H,4-6H2,1-3H3;3*1H4. The second-order valence-electron chi connectivity index (χ2n) is 3.74. The minimum atomic E-state index is 0. The maximum atomic E-state index is 2.40. The summed E-state index contributed by atoms with van der Waals surface area (Å²) in [6, 6.07) is 0. The third kappa shape index (κ3) is 4.13. The van der Waals surface area contributed by atoms with Gasteiger partial charge in [0.05, 0.1) is 0 Å². The first-order chi connectivity index (χ1) is 4.22. The first kappa shape index (κ1) is 17.9. The second-order valence-corrected chi connectivity index (χ2v) is 3.74. The minimum Gasteiger partial charge on any atom is -0.0776 e. The highest BCUT2D eigenvalue weighted by molar-refractivity contribution is 4.73. The van der Waals surface area contributed by atoms with E-state index in [0.717, 1.165) is 17.8 Å². The summed E-state index contributed by atoms with van der Waals surface area (Å²) in [6.45, 7) is 7.18. The first-order valence-electron chi connectivity index (χ1n) is 4.22. The molecule has 0 aromatic heterocycles. The lowest BCUT2D eigenvalue weighted by Crippen LogP contribution is -2.21.